The molecule has 0 aliphatic carbocycles. The number of hydrogen-bond donors (Lipinski definition) is 0. The molecule has 1 fully saturated rings. The maximum absolute atomic E-state index is 12.1. The maximum atomic E-state index is 12.1. The van der Waals surface area contributed by atoms with Crippen LogP contribution >= 0.6 is 0 Å². The molecule has 0 aromatic rings. The molecule has 0 radical (unpaired) electrons. The van der Waals surface area contributed by atoms with E-state index in [1.165, 1.54) is 19.0 Å². The van der Waals surface area contributed by atoms with Gasteiger partial charge in [0.15, 0.2) is 0 Å². The minimum Gasteiger partial charge on any atom is -0.339 e. The third-order valence-electron chi connectivity index (χ3n) is 3.23. The zero-order valence-corrected chi connectivity index (χ0v) is 12.0. The van der Waals surface area contributed by atoms with Crippen molar-refractivity contribution in [2.24, 2.45) is 0 Å². The van der Waals surface area contributed by atoms with Crippen molar-refractivity contribution in [2.45, 2.75) is 26.3 Å². The second kappa shape index (κ2) is 5.86. The maximum Gasteiger partial charge on any atom is 0.326 e. The Hall–Kier alpha value is -1.85. The van der Waals surface area contributed by atoms with Crippen LogP contribution in [0.4, 0.5) is 4.79 Å². The van der Waals surface area contributed by atoms with Crippen LogP contribution in [0.15, 0.2) is 12.2 Å². The summed E-state index contributed by atoms with van der Waals surface area (Å²) in [6, 6.07) is -1.06. The molecule has 1 aliphatic rings. The van der Waals surface area contributed by atoms with Crippen LogP contribution in [-0.4, -0.2) is 65.8 Å². The summed E-state index contributed by atoms with van der Waals surface area (Å²) >= 11 is 0. The lowest BCUT2D eigenvalue weighted by atomic mass is 10.1. The van der Waals surface area contributed by atoms with Gasteiger partial charge in [-0.15, -0.1) is 0 Å². The Balaban J connectivity index is 2.73. The molecule has 1 atom stereocenters. The van der Waals surface area contributed by atoms with Crippen molar-refractivity contribution in [3.8, 4) is 0 Å². The predicted octanol–water partition coefficient (Wildman–Crippen LogP) is 0.694. The number of hydrogen-bond acceptors (Lipinski definition) is 3. The molecule has 4 amide bonds. The highest BCUT2D eigenvalue weighted by Gasteiger charge is 2.42. The summed E-state index contributed by atoms with van der Waals surface area (Å²) in [6.45, 7) is 8.53. The fraction of sp³-hybridized carbons (Fsp3) is 0.615. The number of imide groups is 1. The molecule has 0 bridgehead atoms. The summed E-state index contributed by atoms with van der Waals surface area (Å²) in [5.41, 5.74) is 0.884. The number of carbonyl (C=O) groups excluding carboxylic acids is 3. The third-order valence-corrected chi connectivity index (χ3v) is 3.23. The van der Waals surface area contributed by atoms with E-state index in [-0.39, 0.29) is 24.3 Å². The minimum absolute atomic E-state index is 0.0204. The van der Waals surface area contributed by atoms with Gasteiger partial charge in [-0.1, -0.05) is 12.2 Å². The van der Waals surface area contributed by atoms with E-state index in [4.69, 9.17) is 0 Å². The van der Waals surface area contributed by atoms with Crippen LogP contribution in [0.1, 0.15) is 20.3 Å². The smallest absolute Gasteiger partial charge is 0.326 e. The minimum atomic E-state index is -0.691. The van der Waals surface area contributed by atoms with Gasteiger partial charge in [-0.05, 0) is 13.8 Å². The molecule has 0 aromatic heterocycles. The first kappa shape index (κ1) is 15.2. The van der Waals surface area contributed by atoms with Crippen LogP contribution in [0.25, 0.3) is 0 Å². The average molecular weight is 267 g/mol. The molecule has 106 valence electrons. The Bertz CT molecular complexity index is 419. The monoisotopic (exact) mass is 267 g/mol. The lowest BCUT2D eigenvalue weighted by Gasteiger charge is -2.23. The van der Waals surface area contributed by atoms with Crippen molar-refractivity contribution >= 4 is 17.8 Å². The second-order valence-corrected chi connectivity index (χ2v) is 4.88. The van der Waals surface area contributed by atoms with Gasteiger partial charge in [0.25, 0.3) is 5.91 Å². The van der Waals surface area contributed by atoms with E-state index in [9.17, 15) is 14.4 Å². The van der Waals surface area contributed by atoms with E-state index in [1.807, 2.05) is 13.8 Å². The Kier molecular flexibility index (Phi) is 4.69. The third kappa shape index (κ3) is 3.13. The van der Waals surface area contributed by atoms with Crippen molar-refractivity contribution in [2.75, 3.05) is 27.2 Å². The molecule has 0 spiro atoms. The van der Waals surface area contributed by atoms with E-state index in [1.54, 1.807) is 4.90 Å². The van der Waals surface area contributed by atoms with E-state index in [2.05, 4.69) is 6.58 Å². The van der Waals surface area contributed by atoms with Crippen molar-refractivity contribution in [1.82, 2.24) is 14.7 Å². The summed E-state index contributed by atoms with van der Waals surface area (Å²) in [5.74, 6) is -0.467. The van der Waals surface area contributed by atoms with Gasteiger partial charge in [-0.3, -0.25) is 14.5 Å². The molecule has 1 rings (SSSR count). The highest BCUT2D eigenvalue weighted by atomic mass is 16.2. The first-order valence-corrected chi connectivity index (χ1v) is 6.26. The largest absolute Gasteiger partial charge is 0.339 e. The molecule has 0 N–H and O–H groups in total. The fourth-order valence-electron chi connectivity index (χ4n) is 2.07. The molecule has 6 heteroatoms. The van der Waals surface area contributed by atoms with Gasteiger partial charge in [0.05, 0.1) is 6.42 Å². The standard InChI is InChI=1S/C13H21N3O3/c1-6-16(8-9(2)3)11(17)7-10-12(18)15(5)13(19)14(10)4/h10H,2,6-8H2,1,3-5H3. The van der Waals surface area contributed by atoms with Crippen molar-refractivity contribution in [1.29, 1.82) is 0 Å². The van der Waals surface area contributed by atoms with Crippen LogP contribution in [-0.2, 0) is 9.59 Å². The van der Waals surface area contributed by atoms with E-state index in [0.717, 1.165) is 10.5 Å². The second-order valence-electron chi connectivity index (χ2n) is 4.88. The predicted molar refractivity (Wildman–Crippen MR) is 71.4 cm³/mol. The van der Waals surface area contributed by atoms with Gasteiger partial charge in [0.2, 0.25) is 5.91 Å². The molecular weight excluding hydrogens is 246 g/mol. The summed E-state index contributed by atoms with van der Waals surface area (Å²) in [7, 11) is 2.97. The summed E-state index contributed by atoms with van der Waals surface area (Å²) in [6.07, 6.45) is 0.0204. The summed E-state index contributed by atoms with van der Waals surface area (Å²) in [5, 5.41) is 0. The molecule has 1 heterocycles. The molecule has 1 saturated heterocycles. The highest BCUT2D eigenvalue weighted by Crippen LogP contribution is 2.17. The first-order chi connectivity index (χ1) is 8.79. The highest BCUT2D eigenvalue weighted by molar-refractivity contribution is 6.05. The van der Waals surface area contributed by atoms with Crippen LogP contribution < -0.4 is 0 Å². The lowest BCUT2D eigenvalue weighted by molar-refractivity contribution is -0.136. The molecule has 19 heavy (non-hydrogen) atoms. The number of carbonyl (C=O) groups is 3. The molecule has 1 aliphatic heterocycles. The van der Waals surface area contributed by atoms with Gasteiger partial charge in [0, 0.05) is 27.2 Å². The van der Waals surface area contributed by atoms with E-state index in [0.29, 0.717) is 13.1 Å². The number of urea groups is 1. The Morgan fingerprint density at radius 1 is 1.37 bits per heavy atom. The number of likely N-dealkylation sites (N-methyl/N-ethyl adjacent to an activating group) is 3. The topological polar surface area (TPSA) is 60.9 Å². The first-order valence-electron chi connectivity index (χ1n) is 6.26. The van der Waals surface area contributed by atoms with E-state index < -0.39 is 6.04 Å². The van der Waals surface area contributed by atoms with Crippen LogP contribution in [0.5, 0.6) is 0 Å². The SMILES string of the molecule is C=C(C)CN(CC)C(=O)CC1C(=O)N(C)C(=O)N1C. The van der Waals surface area contributed by atoms with E-state index >= 15 is 0 Å². The van der Waals surface area contributed by atoms with Gasteiger partial charge in [0.1, 0.15) is 6.04 Å². The van der Waals surface area contributed by atoms with Gasteiger partial charge in [-0.25, -0.2) is 4.79 Å². The lowest BCUT2D eigenvalue weighted by Crippen LogP contribution is -2.40. The van der Waals surface area contributed by atoms with Gasteiger partial charge >= 0.3 is 6.03 Å². The molecule has 6 nitrogen and oxygen atoms in total. The van der Waals surface area contributed by atoms with Crippen LogP contribution in [0, 0.1) is 0 Å². The molecular formula is C13H21N3O3. The van der Waals surface area contributed by atoms with Crippen molar-refractivity contribution in [3.63, 3.8) is 0 Å². The normalized spacial score (nSPS) is 19.1. The average Bonchev–Trinajstić information content (AvgIpc) is 2.53. The summed E-state index contributed by atoms with van der Waals surface area (Å²) in [4.78, 5) is 39.6. The van der Waals surface area contributed by atoms with Crippen LogP contribution in [0.3, 0.4) is 0 Å². The zero-order chi connectivity index (χ0) is 14.7. The van der Waals surface area contributed by atoms with Gasteiger partial charge in [-0.2, -0.15) is 0 Å². The van der Waals surface area contributed by atoms with Crippen molar-refractivity contribution < 1.29 is 14.4 Å². The Morgan fingerprint density at radius 3 is 2.32 bits per heavy atom. The summed E-state index contributed by atoms with van der Waals surface area (Å²) < 4.78 is 0. The van der Waals surface area contributed by atoms with Crippen molar-refractivity contribution in [3.05, 3.63) is 12.2 Å². The number of rotatable bonds is 5. The number of nitrogens with zero attached hydrogens (tertiary/aromatic N) is 3. The molecule has 0 aromatic carbocycles. The van der Waals surface area contributed by atoms with Crippen LogP contribution in [0.2, 0.25) is 0 Å². The fourth-order valence-corrected chi connectivity index (χ4v) is 2.07. The molecule has 0 saturated carbocycles. The van der Waals surface area contributed by atoms with Gasteiger partial charge < -0.3 is 9.80 Å². The molecule has 1 unspecified atom stereocenters. The zero-order valence-electron chi connectivity index (χ0n) is 12.0. The Labute approximate surface area is 113 Å². The number of amides is 4. The Morgan fingerprint density at radius 2 is 1.95 bits per heavy atom. The quantitative estimate of drug-likeness (QED) is 0.544.